The Bertz CT molecular complexity index is 715. The maximum absolute atomic E-state index is 12.2. The van der Waals surface area contributed by atoms with Gasteiger partial charge in [0.05, 0.1) is 23.2 Å². The average molecular weight is 285 g/mol. The molecule has 0 saturated heterocycles. The van der Waals surface area contributed by atoms with Gasteiger partial charge in [-0.1, -0.05) is 12.1 Å². The van der Waals surface area contributed by atoms with E-state index in [1.165, 1.54) is 12.3 Å². The van der Waals surface area contributed by atoms with E-state index in [4.69, 9.17) is 10.3 Å². The summed E-state index contributed by atoms with van der Waals surface area (Å²) in [5.74, 6) is 4.08. The largest absolute Gasteiger partial charge is 0.467 e. The lowest BCUT2D eigenvalue weighted by atomic mass is 10.1. The van der Waals surface area contributed by atoms with Crippen LogP contribution in [0.2, 0.25) is 0 Å². The van der Waals surface area contributed by atoms with Crippen molar-refractivity contribution in [2.45, 2.75) is 6.54 Å². The van der Waals surface area contributed by atoms with Gasteiger partial charge in [-0.3, -0.25) is 24.7 Å². The Morgan fingerprint density at radius 2 is 1.81 bits per heavy atom. The van der Waals surface area contributed by atoms with Crippen molar-refractivity contribution in [2.24, 2.45) is 5.84 Å². The van der Waals surface area contributed by atoms with Gasteiger partial charge in [0.1, 0.15) is 12.0 Å². The number of nitrogen functional groups attached to an aromatic ring is 1. The first kappa shape index (κ1) is 13.1. The van der Waals surface area contributed by atoms with Crippen LogP contribution >= 0.6 is 0 Å². The fourth-order valence-corrected chi connectivity index (χ4v) is 2.20. The predicted molar refractivity (Wildman–Crippen MR) is 71.0 cm³/mol. The van der Waals surface area contributed by atoms with E-state index in [2.05, 4.69) is 0 Å². The third kappa shape index (κ3) is 2.09. The second kappa shape index (κ2) is 4.88. The van der Waals surface area contributed by atoms with E-state index in [1.807, 2.05) is 5.43 Å². The van der Waals surface area contributed by atoms with Crippen LogP contribution in [0.1, 0.15) is 36.8 Å². The summed E-state index contributed by atoms with van der Waals surface area (Å²) >= 11 is 0. The monoisotopic (exact) mass is 285 g/mol. The van der Waals surface area contributed by atoms with E-state index in [0.29, 0.717) is 16.9 Å². The molecule has 7 heteroatoms. The molecular formula is C14H11N3O4. The van der Waals surface area contributed by atoms with Crippen molar-refractivity contribution in [1.29, 1.82) is 0 Å². The number of rotatable bonds is 3. The van der Waals surface area contributed by atoms with Crippen LogP contribution in [-0.2, 0) is 6.54 Å². The molecule has 1 aromatic heterocycles. The summed E-state index contributed by atoms with van der Waals surface area (Å²) in [6.45, 7) is -0.0375. The molecule has 1 aliphatic heterocycles. The maximum Gasteiger partial charge on any atom is 0.268 e. The van der Waals surface area contributed by atoms with Crippen LogP contribution in [0.25, 0.3) is 0 Å². The smallest absolute Gasteiger partial charge is 0.268 e. The minimum absolute atomic E-state index is 0.0375. The van der Waals surface area contributed by atoms with Crippen molar-refractivity contribution in [2.75, 3.05) is 0 Å². The average Bonchev–Trinajstić information content (AvgIpc) is 3.07. The highest BCUT2D eigenvalue weighted by atomic mass is 16.3. The molecule has 106 valence electrons. The first-order valence-corrected chi connectivity index (χ1v) is 6.15. The predicted octanol–water partition coefficient (Wildman–Crippen LogP) is 0.679. The number of nitrogens with two attached hydrogens (primary N) is 1. The normalized spacial score (nSPS) is 13.5. The van der Waals surface area contributed by atoms with Gasteiger partial charge in [-0.05, 0) is 18.2 Å². The second-order valence-electron chi connectivity index (χ2n) is 4.52. The lowest BCUT2D eigenvalue weighted by Gasteiger charge is -2.11. The lowest BCUT2D eigenvalue weighted by Crippen LogP contribution is -2.30. The molecular weight excluding hydrogens is 274 g/mol. The van der Waals surface area contributed by atoms with Crippen molar-refractivity contribution >= 4 is 17.7 Å². The number of hydrazine groups is 1. The summed E-state index contributed by atoms with van der Waals surface area (Å²) in [6.07, 6.45) is 1.22. The van der Waals surface area contributed by atoms with Gasteiger partial charge >= 0.3 is 0 Å². The van der Waals surface area contributed by atoms with Crippen molar-refractivity contribution in [1.82, 2.24) is 10.3 Å². The molecule has 0 fully saturated rings. The quantitative estimate of drug-likeness (QED) is 0.373. The van der Waals surface area contributed by atoms with Gasteiger partial charge < -0.3 is 4.42 Å². The second-order valence-corrected chi connectivity index (χ2v) is 4.52. The van der Waals surface area contributed by atoms with Gasteiger partial charge in [0.25, 0.3) is 17.7 Å². The summed E-state index contributed by atoms with van der Waals surface area (Å²) in [7, 11) is 0. The molecule has 2 heterocycles. The van der Waals surface area contributed by atoms with Crippen LogP contribution in [0.3, 0.4) is 0 Å². The zero-order valence-corrected chi connectivity index (χ0v) is 10.8. The molecule has 1 aromatic carbocycles. The van der Waals surface area contributed by atoms with Crippen LogP contribution in [0.5, 0.6) is 0 Å². The number of furan rings is 1. The van der Waals surface area contributed by atoms with Crippen LogP contribution in [0, 0.1) is 0 Å². The molecule has 0 radical (unpaired) electrons. The minimum atomic E-state index is -0.507. The van der Waals surface area contributed by atoms with Gasteiger partial charge in [0.15, 0.2) is 0 Å². The molecule has 1 aliphatic rings. The fourth-order valence-electron chi connectivity index (χ4n) is 2.20. The molecule has 0 unspecified atom stereocenters. The third-order valence-corrected chi connectivity index (χ3v) is 3.24. The summed E-state index contributed by atoms with van der Waals surface area (Å²) in [6, 6.07) is 8.04. The zero-order valence-electron chi connectivity index (χ0n) is 10.8. The van der Waals surface area contributed by atoms with Gasteiger partial charge in [-0.2, -0.15) is 0 Å². The molecule has 0 spiro atoms. The van der Waals surface area contributed by atoms with Crippen LogP contribution < -0.4 is 11.3 Å². The first-order valence-electron chi connectivity index (χ1n) is 6.15. The van der Waals surface area contributed by atoms with Gasteiger partial charge in [0.2, 0.25) is 0 Å². The Hall–Kier alpha value is -2.93. The molecule has 0 aliphatic carbocycles. The molecule has 0 bridgehead atoms. The number of hydrogen-bond donors (Lipinski definition) is 2. The van der Waals surface area contributed by atoms with E-state index in [-0.39, 0.29) is 23.9 Å². The molecule has 2 aromatic rings. The fraction of sp³-hybridized carbons (Fsp3) is 0.0714. The van der Waals surface area contributed by atoms with Crippen molar-refractivity contribution < 1.29 is 18.8 Å². The Kier molecular flexibility index (Phi) is 3.03. The molecule has 0 saturated carbocycles. The lowest BCUT2D eigenvalue weighted by molar-refractivity contribution is 0.0631. The SMILES string of the molecule is NNC(=O)c1coc(CN2C(=O)c3ccccc3C2=O)c1. The van der Waals surface area contributed by atoms with Crippen LogP contribution in [-0.4, -0.2) is 22.6 Å². The third-order valence-electron chi connectivity index (χ3n) is 3.24. The minimum Gasteiger partial charge on any atom is -0.467 e. The van der Waals surface area contributed by atoms with E-state index < -0.39 is 5.91 Å². The maximum atomic E-state index is 12.2. The van der Waals surface area contributed by atoms with Crippen molar-refractivity contribution in [3.8, 4) is 0 Å². The summed E-state index contributed by atoms with van der Waals surface area (Å²) in [5, 5.41) is 0. The number of amides is 3. The summed E-state index contributed by atoms with van der Waals surface area (Å²) in [4.78, 5) is 36.7. The first-order chi connectivity index (χ1) is 10.1. The van der Waals surface area contributed by atoms with Crippen molar-refractivity contribution in [3.05, 3.63) is 59.0 Å². The number of benzene rings is 1. The Balaban J connectivity index is 1.84. The molecule has 3 rings (SSSR count). The van der Waals surface area contributed by atoms with E-state index in [9.17, 15) is 14.4 Å². The molecule has 21 heavy (non-hydrogen) atoms. The van der Waals surface area contributed by atoms with Crippen LogP contribution in [0.15, 0.2) is 41.0 Å². The molecule has 3 amide bonds. The van der Waals surface area contributed by atoms with Gasteiger partial charge in [-0.25, -0.2) is 5.84 Å². The highest BCUT2D eigenvalue weighted by Gasteiger charge is 2.35. The Morgan fingerprint density at radius 3 is 2.38 bits per heavy atom. The molecule has 7 nitrogen and oxygen atoms in total. The standard InChI is InChI=1S/C14H11N3O4/c15-16-12(18)8-5-9(21-7-8)6-17-13(19)10-3-1-2-4-11(10)14(17)20/h1-5,7H,6,15H2,(H,16,18). The zero-order chi connectivity index (χ0) is 15.0. The van der Waals surface area contributed by atoms with Gasteiger partial charge in [-0.15, -0.1) is 0 Å². The van der Waals surface area contributed by atoms with Crippen LogP contribution in [0.4, 0.5) is 0 Å². The van der Waals surface area contributed by atoms with E-state index in [0.717, 1.165) is 4.90 Å². The summed E-state index contributed by atoms with van der Waals surface area (Å²) < 4.78 is 5.18. The number of nitrogens with one attached hydrogen (secondary N) is 1. The topological polar surface area (TPSA) is 106 Å². The highest BCUT2D eigenvalue weighted by Crippen LogP contribution is 2.24. The highest BCUT2D eigenvalue weighted by molar-refractivity contribution is 6.21. The number of carbonyl (C=O) groups excluding carboxylic acids is 3. The Labute approximate surface area is 119 Å². The van der Waals surface area contributed by atoms with E-state index in [1.54, 1.807) is 24.3 Å². The number of fused-ring (bicyclic) bond motifs is 1. The number of imide groups is 1. The Morgan fingerprint density at radius 1 is 1.19 bits per heavy atom. The number of carbonyl (C=O) groups is 3. The summed E-state index contributed by atoms with van der Waals surface area (Å²) in [5.41, 5.74) is 2.94. The number of hydrogen-bond acceptors (Lipinski definition) is 5. The molecule has 3 N–H and O–H groups in total. The van der Waals surface area contributed by atoms with Crippen molar-refractivity contribution in [3.63, 3.8) is 0 Å². The van der Waals surface area contributed by atoms with Gasteiger partial charge in [0, 0.05) is 0 Å². The van der Waals surface area contributed by atoms with E-state index >= 15 is 0 Å². The molecule has 0 atom stereocenters. The number of nitrogens with zero attached hydrogens (tertiary/aromatic N) is 1.